The number of rotatable bonds is 2. The van der Waals surface area contributed by atoms with Crippen molar-refractivity contribution in [1.82, 2.24) is 4.98 Å². The zero-order valence-corrected chi connectivity index (χ0v) is 12.0. The quantitative estimate of drug-likeness (QED) is 0.841. The molecule has 2 rings (SSSR count). The first-order valence-corrected chi connectivity index (χ1v) is 6.80. The highest BCUT2D eigenvalue weighted by atomic mass is 79.9. The predicted molar refractivity (Wildman–Crippen MR) is 74.0 cm³/mol. The second-order valence-electron chi connectivity index (χ2n) is 3.36. The van der Waals surface area contributed by atoms with Gasteiger partial charge in [-0.15, -0.1) is 11.3 Å². The molecule has 2 heterocycles. The number of amides is 1. The molecule has 1 N–H and O–H groups in total. The van der Waals surface area contributed by atoms with Gasteiger partial charge in [0.05, 0.1) is 20.7 Å². The summed E-state index contributed by atoms with van der Waals surface area (Å²) in [6.07, 6.45) is 0. The minimum Gasteiger partial charge on any atom is -0.320 e. The van der Waals surface area contributed by atoms with Crippen molar-refractivity contribution in [3.05, 3.63) is 43.8 Å². The molecule has 0 aliphatic heterocycles. The minimum absolute atomic E-state index is 0.154. The number of aromatic nitrogens is 1. The Morgan fingerprint density at radius 3 is 2.88 bits per heavy atom. The molecule has 0 saturated heterocycles. The molecule has 6 heteroatoms. The van der Waals surface area contributed by atoms with Crippen molar-refractivity contribution in [3.8, 4) is 0 Å². The topological polar surface area (TPSA) is 42.0 Å². The monoisotopic (exact) mass is 330 g/mol. The first kappa shape index (κ1) is 12.5. The number of carbonyl (C=O) groups excluding carboxylic acids is 1. The first-order valence-electron chi connectivity index (χ1n) is 4.75. The average molecular weight is 332 g/mol. The summed E-state index contributed by atoms with van der Waals surface area (Å²) in [6.45, 7) is 1.80. The molecule has 0 spiro atoms. The molecule has 0 bridgehead atoms. The Balaban J connectivity index is 2.18. The van der Waals surface area contributed by atoms with E-state index in [-0.39, 0.29) is 5.91 Å². The van der Waals surface area contributed by atoms with Gasteiger partial charge in [0.15, 0.2) is 0 Å². The summed E-state index contributed by atoms with van der Waals surface area (Å²) in [5, 5.41) is 5.00. The second-order valence-corrected chi connectivity index (χ2v) is 6.04. The highest BCUT2D eigenvalue weighted by Crippen LogP contribution is 2.22. The van der Waals surface area contributed by atoms with Crippen molar-refractivity contribution < 1.29 is 4.79 Å². The summed E-state index contributed by atoms with van der Waals surface area (Å²) in [6, 6.07) is 5.16. The number of hydrogen-bond donors (Lipinski definition) is 1. The molecule has 0 aliphatic carbocycles. The Labute approximate surface area is 116 Å². The molecule has 2 aromatic rings. The number of nitrogens with one attached hydrogen (secondary N) is 1. The maximum atomic E-state index is 11.9. The van der Waals surface area contributed by atoms with Crippen LogP contribution in [0.5, 0.6) is 0 Å². The fourth-order valence-corrected chi connectivity index (χ4v) is 2.61. The van der Waals surface area contributed by atoms with Crippen molar-refractivity contribution >= 4 is 50.5 Å². The van der Waals surface area contributed by atoms with Gasteiger partial charge in [-0.25, -0.2) is 4.98 Å². The lowest BCUT2D eigenvalue weighted by Gasteiger charge is -2.06. The summed E-state index contributed by atoms with van der Waals surface area (Å²) in [5.41, 5.74) is 1.98. The van der Waals surface area contributed by atoms with Crippen LogP contribution in [-0.4, -0.2) is 10.9 Å². The van der Waals surface area contributed by atoms with E-state index in [2.05, 4.69) is 26.2 Å². The lowest BCUT2D eigenvalue weighted by atomic mass is 10.2. The van der Waals surface area contributed by atoms with Gasteiger partial charge in [0.2, 0.25) is 0 Å². The predicted octanol–water partition coefficient (Wildman–Crippen LogP) is 4.12. The maximum Gasteiger partial charge on any atom is 0.256 e. The number of aryl methyl sites for hydroxylation is 1. The SMILES string of the molecule is Cc1nc(Cl)ccc1NC(=O)c1csc(Br)c1. The van der Waals surface area contributed by atoms with E-state index in [1.807, 2.05) is 0 Å². The van der Waals surface area contributed by atoms with Crippen LogP contribution in [0.1, 0.15) is 16.1 Å². The zero-order chi connectivity index (χ0) is 12.4. The van der Waals surface area contributed by atoms with Crippen molar-refractivity contribution in [2.24, 2.45) is 0 Å². The van der Waals surface area contributed by atoms with Crippen molar-refractivity contribution in [2.75, 3.05) is 5.32 Å². The normalized spacial score (nSPS) is 10.3. The van der Waals surface area contributed by atoms with Crippen molar-refractivity contribution in [3.63, 3.8) is 0 Å². The number of hydrogen-bond acceptors (Lipinski definition) is 3. The molecule has 88 valence electrons. The third-order valence-electron chi connectivity index (χ3n) is 2.13. The number of carbonyl (C=O) groups is 1. The molecule has 17 heavy (non-hydrogen) atoms. The molecule has 0 radical (unpaired) electrons. The Hall–Kier alpha value is -0.910. The van der Waals surface area contributed by atoms with Gasteiger partial charge in [0.25, 0.3) is 5.91 Å². The van der Waals surface area contributed by atoms with Crippen LogP contribution in [-0.2, 0) is 0 Å². The van der Waals surface area contributed by atoms with Gasteiger partial charge in [-0.3, -0.25) is 4.79 Å². The molecular weight excluding hydrogens is 324 g/mol. The Kier molecular flexibility index (Phi) is 3.81. The molecule has 0 atom stereocenters. The van der Waals surface area contributed by atoms with Crippen LogP contribution in [0, 0.1) is 6.92 Å². The number of halogens is 2. The maximum absolute atomic E-state index is 11.9. The van der Waals surface area contributed by atoms with Gasteiger partial charge in [0.1, 0.15) is 5.15 Å². The fraction of sp³-hybridized carbons (Fsp3) is 0.0909. The summed E-state index contributed by atoms with van der Waals surface area (Å²) in [7, 11) is 0. The number of thiophene rings is 1. The Morgan fingerprint density at radius 1 is 1.53 bits per heavy atom. The van der Waals surface area contributed by atoms with Gasteiger partial charge in [-0.2, -0.15) is 0 Å². The van der Waals surface area contributed by atoms with Crippen molar-refractivity contribution in [2.45, 2.75) is 6.92 Å². The van der Waals surface area contributed by atoms with Crippen LogP contribution in [0.3, 0.4) is 0 Å². The molecule has 0 unspecified atom stereocenters. The Morgan fingerprint density at radius 2 is 2.29 bits per heavy atom. The molecule has 0 saturated carbocycles. The van der Waals surface area contributed by atoms with E-state index in [9.17, 15) is 4.79 Å². The summed E-state index contributed by atoms with van der Waals surface area (Å²) in [5.74, 6) is -0.154. The van der Waals surface area contributed by atoms with E-state index in [0.717, 1.165) is 3.79 Å². The van der Waals surface area contributed by atoms with Gasteiger partial charge in [0, 0.05) is 5.38 Å². The third kappa shape index (κ3) is 3.06. The highest BCUT2D eigenvalue weighted by Gasteiger charge is 2.10. The van der Waals surface area contributed by atoms with Gasteiger partial charge in [-0.1, -0.05) is 11.6 Å². The van der Waals surface area contributed by atoms with Crippen LogP contribution in [0.25, 0.3) is 0 Å². The Bertz CT molecular complexity index is 570. The van der Waals surface area contributed by atoms with Gasteiger partial charge < -0.3 is 5.32 Å². The molecule has 0 fully saturated rings. The second kappa shape index (κ2) is 5.16. The van der Waals surface area contributed by atoms with Gasteiger partial charge >= 0.3 is 0 Å². The third-order valence-corrected chi connectivity index (χ3v) is 3.84. The van der Waals surface area contributed by atoms with E-state index in [1.165, 1.54) is 11.3 Å². The molecule has 3 nitrogen and oxygen atoms in total. The fourth-order valence-electron chi connectivity index (χ4n) is 1.29. The van der Waals surface area contributed by atoms with Crippen LogP contribution < -0.4 is 5.32 Å². The summed E-state index contributed by atoms with van der Waals surface area (Å²) < 4.78 is 0.925. The van der Waals surface area contributed by atoms with E-state index in [1.54, 1.807) is 30.5 Å². The molecule has 0 aromatic carbocycles. The average Bonchev–Trinajstić information content (AvgIpc) is 2.69. The molecule has 2 aromatic heterocycles. The lowest BCUT2D eigenvalue weighted by Crippen LogP contribution is -2.12. The smallest absolute Gasteiger partial charge is 0.256 e. The standard InChI is InChI=1S/C11H8BrClN2OS/c1-6-8(2-3-10(13)14-6)15-11(16)7-4-9(12)17-5-7/h2-5H,1H3,(H,15,16). The summed E-state index contributed by atoms with van der Waals surface area (Å²) in [4.78, 5) is 15.9. The van der Waals surface area contributed by atoms with E-state index < -0.39 is 0 Å². The largest absolute Gasteiger partial charge is 0.320 e. The highest BCUT2D eigenvalue weighted by molar-refractivity contribution is 9.11. The number of pyridine rings is 1. The zero-order valence-electron chi connectivity index (χ0n) is 8.83. The minimum atomic E-state index is -0.154. The summed E-state index contributed by atoms with van der Waals surface area (Å²) >= 11 is 10.5. The van der Waals surface area contributed by atoms with Crippen LogP contribution in [0.4, 0.5) is 5.69 Å². The molecule has 1 amide bonds. The molecular formula is C11H8BrClN2OS. The number of anilines is 1. The van der Waals surface area contributed by atoms with Crippen molar-refractivity contribution in [1.29, 1.82) is 0 Å². The lowest BCUT2D eigenvalue weighted by molar-refractivity contribution is 0.102. The molecule has 0 aliphatic rings. The number of nitrogens with zero attached hydrogens (tertiary/aromatic N) is 1. The van der Waals surface area contributed by atoms with Crippen LogP contribution >= 0.6 is 38.9 Å². The van der Waals surface area contributed by atoms with Crippen LogP contribution in [0.2, 0.25) is 5.15 Å². The first-order chi connectivity index (χ1) is 8.06. The van der Waals surface area contributed by atoms with Gasteiger partial charge in [-0.05, 0) is 41.1 Å². The van der Waals surface area contributed by atoms with E-state index in [0.29, 0.717) is 22.1 Å². The van der Waals surface area contributed by atoms with E-state index >= 15 is 0 Å². The van der Waals surface area contributed by atoms with Crippen LogP contribution in [0.15, 0.2) is 27.4 Å². The van der Waals surface area contributed by atoms with E-state index in [4.69, 9.17) is 11.6 Å².